The fraction of sp³-hybridized carbons (Fsp3) is 0.423. The second-order valence-corrected chi connectivity index (χ2v) is 9.64. The molecule has 0 saturated carbocycles. The van der Waals surface area contributed by atoms with Gasteiger partial charge < -0.3 is 14.7 Å². The number of halogens is 3. The molecule has 2 heterocycles. The van der Waals surface area contributed by atoms with Crippen molar-refractivity contribution < 1.29 is 27.8 Å². The lowest BCUT2D eigenvalue weighted by Gasteiger charge is -2.35. The average molecular weight is 460 g/mol. The lowest BCUT2D eigenvalue weighted by atomic mass is 9.84. The van der Waals surface area contributed by atoms with E-state index in [0.29, 0.717) is 17.9 Å². The number of carbonyl (C=O) groups is 1. The zero-order valence-corrected chi connectivity index (χ0v) is 18.8. The van der Waals surface area contributed by atoms with Gasteiger partial charge in [-0.15, -0.1) is 0 Å². The topological polar surface area (TPSA) is 49.8 Å². The molecule has 7 heteroatoms. The largest absolute Gasteiger partial charge is 0.488 e. The highest BCUT2D eigenvalue weighted by atomic mass is 19.4. The number of ether oxygens (including phenoxy) is 1. The number of carboxylic acid groups (broad SMARTS) is 1. The first-order valence-electron chi connectivity index (χ1n) is 11.1. The van der Waals surface area contributed by atoms with E-state index in [1.54, 1.807) is 6.07 Å². The number of aliphatic carboxylic acids is 1. The first kappa shape index (κ1) is 23.4. The first-order chi connectivity index (χ1) is 15.5. The van der Waals surface area contributed by atoms with E-state index >= 15 is 0 Å². The number of rotatable bonds is 4. The van der Waals surface area contributed by atoms with Crippen molar-refractivity contribution in [1.82, 2.24) is 4.90 Å². The maximum Gasteiger partial charge on any atom is 0.416 e. The third-order valence-electron chi connectivity index (χ3n) is 6.34. The minimum absolute atomic E-state index is 0.0859. The third kappa shape index (κ3) is 5.24. The van der Waals surface area contributed by atoms with Crippen LogP contribution in [-0.2, 0) is 17.6 Å². The molecule has 2 aromatic carbocycles. The smallest absolute Gasteiger partial charge is 0.416 e. The molecule has 176 valence electrons. The molecule has 0 atom stereocenters. The van der Waals surface area contributed by atoms with Gasteiger partial charge in [-0.05, 0) is 53.2 Å². The van der Waals surface area contributed by atoms with Crippen molar-refractivity contribution in [2.24, 2.45) is 5.41 Å². The lowest BCUT2D eigenvalue weighted by molar-refractivity contribution is -0.140. The average Bonchev–Trinajstić information content (AvgIpc) is 2.89. The molecule has 0 bridgehead atoms. The Morgan fingerprint density at radius 1 is 1.06 bits per heavy atom. The predicted molar refractivity (Wildman–Crippen MR) is 120 cm³/mol. The number of likely N-dealkylation sites (tertiary alicyclic amines) is 1. The van der Waals surface area contributed by atoms with E-state index in [1.807, 2.05) is 38.1 Å². The second-order valence-electron chi connectivity index (χ2n) is 9.64. The minimum Gasteiger partial charge on any atom is -0.488 e. The van der Waals surface area contributed by atoms with E-state index in [0.717, 1.165) is 48.7 Å². The number of benzene rings is 2. The van der Waals surface area contributed by atoms with Gasteiger partial charge in [0.05, 0.1) is 12.0 Å². The summed E-state index contributed by atoms with van der Waals surface area (Å²) in [4.78, 5) is 13.4. The Morgan fingerprint density at radius 3 is 2.42 bits per heavy atom. The van der Waals surface area contributed by atoms with Gasteiger partial charge in [-0.1, -0.05) is 43.7 Å². The van der Waals surface area contributed by atoms with Crippen LogP contribution in [-0.4, -0.2) is 35.6 Å². The van der Waals surface area contributed by atoms with Crippen molar-refractivity contribution in [3.05, 3.63) is 70.3 Å². The van der Waals surface area contributed by atoms with E-state index in [9.17, 15) is 18.0 Å². The lowest BCUT2D eigenvalue weighted by Crippen LogP contribution is -2.39. The molecule has 1 saturated heterocycles. The number of hydrogen-bond donors (Lipinski definition) is 1. The third-order valence-corrected chi connectivity index (χ3v) is 6.34. The van der Waals surface area contributed by atoms with Crippen LogP contribution in [0.5, 0.6) is 5.75 Å². The quantitative estimate of drug-likeness (QED) is 0.610. The van der Waals surface area contributed by atoms with Crippen LogP contribution >= 0.6 is 0 Å². The van der Waals surface area contributed by atoms with Gasteiger partial charge in [0, 0.05) is 25.2 Å². The maximum absolute atomic E-state index is 13.3. The van der Waals surface area contributed by atoms with E-state index in [-0.39, 0.29) is 18.4 Å². The van der Waals surface area contributed by atoms with Crippen molar-refractivity contribution in [3.63, 3.8) is 0 Å². The summed E-state index contributed by atoms with van der Waals surface area (Å²) in [6.45, 7) is 6.25. The summed E-state index contributed by atoms with van der Waals surface area (Å²) in [6.07, 6.45) is -2.76. The van der Waals surface area contributed by atoms with Crippen LogP contribution in [0.1, 0.15) is 55.4 Å². The van der Waals surface area contributed by atoms with Crippen LogP contribution in [0.3, 0.4) is 0 Å². The monoisotopic (exact) mass is 459 g/mol. The summed E-state index contributed by atoms with van der Waals surface area (Å²) in [5.74, 6) is -0.125. The maximum atomic E-state index is 13.3. The molecule has 0 amide bonds. The van der Waals surface area contributed by atoms with E-state index in [4.69, 9.17) is 9.84 Å². The number of nitrogens with zero attached hydrogens (tertiary/aromatic N) is 1. The number of para-hydroxylation sites is 1. The van der Waals surface area contributed by atoms with Gasteiger partial charge in [0.15, 0.2) is 0 Å². The molecule has 1 fully saturated rings. The molecule has 1 N–H and O–H groups in total. The number of alkyl halides is 3. The van der Waals surface area contributed by atoms with Gasteiger partial charge in [0.25, 0.3) is 0 Å². The van der Waals surface area contributed by atoms with Gasteiger partial charge in [0.1, 0.15) is 12.4 Å². The second kappa shape index (κ2) is 8.86. The van der Waals surface area contributed by atoms with Gasteiger partial charge in [-0.25, -0.2) is 0 Å². The van der Waals surface area contributed by atoms with Crippen LogP contribution in [0.25, 0.3) is 5.57 Å². The molecule has 0 spiro atoms. The van der Waals surface area contributed by atoms with Crippen LogP contribution in [0.2, 0.25) is 0 Å². The molecule has 2 aliphatic rings. The predicted octanol–water partition coefficient (Wildman–Crippen LogP) is 6.00. The molecule has 0 radical (unpaired) electrons. The number of carboxylic acids is 1. The van der Waals surface area contributed by atoms with E-state index in [1.165, 1.54) is 11.6 Å². The van der Waals surface area contributed by atoms with Crippen molar-refractivity contribution in [3.8, 4) is 5.75 Å². The summed E-state index contributed by atoms with van der Waals surface area (Å²) >= 11 is 0. The van der Waals surface area contributed by atoms with Crippen molar-refractivity contribution >= 4 is 11.5 Å². The van der Waals surface area contributed by atoms with Crippen LogP contribution < -0.4 is 4.74 Å². The molecule has 2 aliphatic heterocycles. The normalized spacial score (nSPS) is 17.1. The zero-order valence-electron chi connectivity index (χ0n) is 18.8. The van der Waals surface area contributed by atoms with Gasteiger partial charge in [0.2, 0.25) is 0 Å². The Labute approximate surface area is 191 Å². The van der Waals surface area contributed by atoms with E-state index in [2.05, 4.69) is 4.90 Å². The molecule has 0 unspecified atom stereocenters. The molecule has 0 aromatic heterocycles. The highest BCUT2D eigenvalue weighted by molar-refractivity contribution is 5.87. The van der Waals surface area contributed by atoms with Crippen LogP contribution in [0.15, 0.2) is 48.0 Å². The Bertz CT molecular complexity index is 1080. The van der Waals surface area contributed by atoms with Gasteiger partial charge >= 0.3 is 12.1 Å². The van der Waals surface area contributed by atoms with Crippen LogP contribution in [0.4, 0.5) is 13.2 Å². The summed E-state index contributed by atoms with van der Waals surface area (Å²) in [7, 11) is 0. The molecule has 2 aromatic rings. The Morgan fingerprint density at radius 2 is 1.76 bits per heavy atom. The van der Waals surface area contributed by atoms with Gasteiger partial charge in [-0.3, -0.25) is 4.79 Å². The number of hydrogen-bond acceptors (Lipinski definition) is 3. The molecule has 4 rings (SSSR count). The fourth-order valence-electron chi connectivity index (χ4n) is 4.92. The number of fused-ring (bicyclic) bond motifs is 2. The summed E-state index contributed by atoms with van der Waals surface area (Å²) in [6, 6.07) is 11.5. The Balaban J connectivity index is 1.68. The van der Waals surface area contributed by atoms with Crippen LogP contribution in [0, 0.1) is 5.41 Å². The molecule has 0 aliphatic carbocycles. The van der Waals surface area contributed by atoms with Crippen molar-refractivity contribution in [1.29, 1.82) is 0 Å². The van der Waals surface area contributed by atoms with E-state index < -0.39 is 17.7 Å². The van der Waals surface area contributed by atoms with Gasteiger partial charge in [-0.2, -0.15) is 13.2 Å². The fourth-order valence-corrected chi connectivity index (χ4v) is 4.92. The van der Waals surface area contributed by atoms with Crippen molar-refractivity contribution in [2.75, 3.05) is 19.6 Å². The summed E-state index contributed by atoms with van der Waals surface area (Å²) in [5, 5.41) is 9.16. The first-order valence-corrected chi connectivity index (χ1v) is 11.1. The van der Waals surface area contributed by atoms with Crippen molar-refractivity contribution in [2.45, 2.75) is 45.9 Å². The highest BCUT2D eigenvalue weighted by Crippen LogP contribution is 2.42. The Hall–Kier alpha value is -2.80. The zero-order chi connectivity index (χ0) is 23.8. The Kier molecular flexibility index (Phi) is 6.27. The summed E-state index contributed by atoms with van der Waals surface area (Å²) in [5.41, 5.74) is 3.40. The summed E-state index contributed by atoms with van der Waals surface area (Å²) < 4.78 is 45.9. The molecular formula is C26H28F3NO3. The minimum atomic E-state index is -4.41. The molecule has 4 nitrogen and oxygen atoms in total. The molecule has 33 heavy (non-hydrogen) atoms. The highest BCUT2D eigenvalue weighted by Gasteiger charge is 2.33. The SMILES string of the molecule is CC(C)(CC(=O)O)CN1CCC(=C2c3ccc(C(F)(F)F)cc3COc3ccccc32)CC1. The standard InChI is InChI=1S/C26H28F3NO3/c1-25(2,14-23(31)32)16-30-11-9-17(10-12-30)24-20-8-7-19(26(27,28)29)13-18(20)15-33-22-6-4-3-5-21(22)24/h3-8,13H,9-12,14-16H2,1-2H3,(H,31,32). The molecular weight excluding hydrogens is 431 g/mol. The number of piperidine rings is 1.